The summed E-state index contributed by atoms with van der Waals surface area (Å²) in [6, 6.07) is 50.0. The van der Waals surface area contributed by atoms with Crippen LogP contribution < -0.4 is 22.0 Å². The van der Waals surface area contributed by atoms with E-state index in [1.165, 1.54) is 38.3 Å². The number of carbonyl (C=O) groups is 4. The van der Waals surface area contributed by atoms with Crippen LogP contribution in [0, 0.1) is 23.7 Å². The average Bonchev–Trinajstić information content (AvgIpc) is 0.791. The first kappa shape index (κ1) is 63.7. The first-order valence-electron chi connectivity index (χ1n) is 30.1. The van der Waals surface area contributed by atoms with E-state index in [1.807, 2.05) is 54.6 Å². The summed E-state index contributed by atoms with van der Waals surface area (Å²) in [7, 11) is -1.03. The van der Waals surface area contributed by atoms with Crippen molar-refractivity contribution in [1.82, 2.24) is 33.3 Å². The van der Waals surface area contributed by atoms with E-state index in [1.54, 1.807) is 79.4 Å². The number of aromatic nitrogens is 4. The van der Waals surface area contributed by atoms with E-state index >= 15 is 4.57 Å². The Kier molecular flexibility index (Phi) is 20.7. The number of esters is 2. The molecule has 1 saturated carbocycles. The molecule has 1 aliphatic carbocycles. The first-order valence-corrected chi connectivity index (χ1v) is 31.6. The van der Waals surface area contributed by atoms with Crippen LogP contribution in [0.3, 0.4) is 0 Å². The second-order valence-corrected chi connectivity index (χ2v) is 25.9. The van der Waals surface area contributed by atoms with Crippen LogP contribution in [0.1, 0.15) is 96.3 Å². The van der Waals surface area contributed by atoms with E-state index in [0.717, 1.165) is 29.5 Å². The Morgan fingerprint density at radius 2 is 0.978 bits per heavy atom. The van der Waals surface area contributed by atoms with E-state index in [0.29, 0.717) is 28.9 Å². The Balaban J connectivity index is 0.934. The van der Waals surface area contributed by atoms with Crippen LogP contribution in [0.25, 0.3) is 0 Å². The predicted molar refractivity (Wildman–Crippen MR) is 335 cm³/mol. The van der Waals surface area contributed by atoms with Crippen molar-refractivity contribution < 1.29 is 47.2 Å². The topological polar surface area (TPSA) is 235 Å². The smallest absolute Gasteiger partial charge is 0.351 e. The highest BCUT2D eigenvalue weighted by Crippen LogP contribution is 2.55. The Morgan fingerprint density at radius 1 is 0.562 bits per heavy atom. The fourth-order valence-corrected chi connectivity index (χ4v) is 14.3. The molecule has 2 saturated heterocycles. The van der Waals surface area contributed by atoms with Crippen LogP contribution in [0.15, 0.2) is 186 Å². The summed E-state index contributed by atoms with van der Waals surface area (Å²) in [5, 5.41) is 5.38. The molecule has 22 heteroatoms. The molecule has 0 bridgehead atoms. The van der Waals surface area contributed by atoms with Crippen LogP contribution in [0.4, 0.5) is 11.6 Å². The molecule has 5 aromatic carbocycles. The van der Waals surface area contributed by atoms with Gasteiger partial charge < -0.3 is 34.1 Å². The molecule has 7 aromatic rings. The molecule has 2 N–H and O–H groups in total. The number of rotatable bonds is 22. The summed E-state index contributed by atoms with van der Waals surface area (Å²) in [4.78, 5) is 91.7. The van der Waals surface area contributed by atoms with Crippen LogP contribution in [-0.4, -0.2) is 129 Å². The highest BCUT2D eigenvalue weighted by atomic mass is 31.2. The van der Waals surface area contributed by atoms with Gasteiger partial charge in [-0.3, -0.25) is 37.8 Å². The number of ether oxygens (including phenoxy) is 4. The molecule has 0 spiro atoms. The largest absolute Gasteiger partial charge is 0.465 e. The number of morpholine rings is 2. The van der Waals surface area contributed by atoms with E-state index in [-0.39, 0.29) is 76.4 Å². The molecule has 21 nitrogen and oxygen atoms in total. The van der Waals surface area contributed by atoms with Crippen molar-refractivity contribution in [2.75, 3.05) is 70.7 Å². The van der Waals surface area contributed by atoms with Crippen molar-refractivity contribution in [3.8, 4) is 0 Å². The van der Waals surface area contributed by atoms with E-state index in [2.05, 4.69) is 82.7 Å². The lowest BCUT2D eigenvalue weighted by atomic mass is 9.70. The summed E-state index contributed by atoms with van der Waals surface area (Å²) >= 11 is 0. The molecule has 3 fully saturated rings. The zero-order valence-electron chi connectivity index (χ0n) is 50.6. The molecule has 0 radical (unpaired) electrons. The molecule has 3 unspecified atom stereocenters. The number of hydrogen-bond acceptors (Lipinski definition) is 15. The van der Waals surface area contributed by atoms with Gasteiger partial charge in [0.15, 0.2) is 12.5 Å². The third-order valence-electron chi connectivity index (χ3n) is 17.1. The average molecular weight is 1230 g/mol. The van der Waals surface area contributed by atoms with Crippen molar-refractivity contribution >= 4 is 43.1 Å². The molecule has 3 aliphatic rings. The second-order valence-electron chi connectivity index (χ2n) is 23.3. The molecule has 2 amide bonds. The fourth-order valence-electron chi connectivity index (χ4n) is 12.3. The lowest BCUT2D eigenvalue weighted by Crippen LogP contribution is -2.58. The number of amides is 2. The Morgan fingerprint density at radius 3 is 1.42 bits per heavy atom. The molecule has 10 rings (SSSR count). The maximum Gasteiger partial charge on any atom is 0.351 e. The fraction of sp³-hybridized carbons (Fsp3) is 0.373. The SMILES string of the molecule is CC1CC(COC(=O)CCC(=O)OC[C@@H]2CN(P(=O)(OC[C@@H]3CN(C(c4ccccc4)(c4ccccc4)c4ccccc4)C[C@H](n4ccc(NC(=O)c5ccccc5)nc4=O)O3)N(C)C)C[C@H](n3ccc(NC(=O)c4ccccc4)nc3=O)O2)CC(C)C1C. The Labute approximate surface area is 517 Å². The number of anilines is 2. The summed E-state index contributed by atoms with van der Waals surface area (Å²) in [5.74, 6) is -0.245. The minimum atomic E-state index is -4.22. The lowest BCUT2D eigenvalue weighted by molar-refractivity contribution is -0.162. The van der Waals surface area contributed by atoms with Gasteiger partial charge in [-0.05, 0) is 104 Å². The van der Waals surface area contributed by atoms with Crippen molar-refractivity contribution in [3.05, 3.63) is 225 Å². The normalized spacial score (nSPS) is 22.3. The number of benzene rings is 5. The van der Waals surface area contributed by atoms with Crippen molar-refractivity contribution in [2.24, 2.45) is 23.7 Å². The molecule has 466 valence electrons. The summed E-state index contributed by atoms with van der Waals surface area (Å²) in [6.45, 7) is 6.29. The predicted octanol–water partition coefficient (Wildman–Crippen LogP) is 9.27. The number of nitrogens with zero attached hydrogens (tertiary/aromatic N) is 7. The van der Waals surface area contributed by atoms with E-state index in [9.17, 15) is 28.8 Å². The summed E-state index contributed by atoms with van der Waals surface area (Å²) < 4.78 is 53.1. The van der Waals surface area contributed by atoms with Gasteiger partial charge in [0.25, 0.3) is 11.8 Å². The lowest BCUT2D eigenvalue weighted by Gasteiger charge is -2.51. The van der Waals surface area contributed by atoms with Crippen molar-refractivity contribution in [1.29, 1.82) is 0 Å². The molecule has 2 aromatic heterocycles. The van der Waals surface area contributed by atoms with Gasteiger partial charge in [0.05, 0.1) is 44.2 Å². The third kappa shape index (κ3) is 15.1. The minimum absolute atomic E-state index is 0.0176. The van der Waals surface area contributed by atoms with Crippen LogP contribution in [0.2, 0.25) is 0 Å². The van der Waals surface area contributed by atoms with Crippen LogP contribution in [0.5, 0.6) is 0 Å². The molecule has 4 heterocycles. The molecule has 2 aliphatic heterocycles. The summed E-state index contributed by atoms with van der Waals surface area (Å²) in [6.07, 6.45) is 0.238. The van der Waals surface area contributed by atoms with E-state index in [4.69, 9.17) is 23.5 Å². The van der Waals surface area contributed by atoms with Gasteiger partial charge in [-0.15, -0.1) is 0 Å². The standard InChI is InChI=1S/C67H76N9O12P/c1-46-37-49(38-47(2)48(46)3)43-84-61(77)31-32-62(78)85-44-56-40-74(42-60(88-56)76-36-34-58(71-66(76)82)69-64(80)51-23-13-7-14-24-51)89(83,72(4)5)86-45-55-39-73(41-59(87-55)75-35-33-57(70-65(75)81)68-63(79)50-21-11-6-12-22-50)67(52-25-15-8-16-26-52,53-27-17-9-18-28-53)54-29-19-10-20-30-54/h6-30,33-36,46-49,55-56,59-60H,31-32,37-45H2,1-5H3,(H,68,70,79,81)(H,69,71,80,82)/t46?,47?,48?,49?,55-,56-,59+,60+,89?/m0/s1. The zero-order chi connectivity index (χ0) is 62.7. The van der Waals surface area contributed by atoms with E-state index < -0.39 is 73.0 Å². The van der Waals surface area contributed by atoms with Gasteiger partial charge in [0, 0.05) is 43.2 Å². The van der Waals surface area contributed by atoms with Gasteiger partial charge in [0.2, 0.25) is 0 Å². The van der Waals surface area contributed by atoms with Gasteiger partial charge in [-0.25, -0.2) is 18.9 Å². The van der Waals surface area contributed by atoms with Gasteiger partial charge in [-0.2, -0.15) is 9.97 Å². The van der Waals surface area contributed by atoms with Gasteiger partial charge >= 0.3 is 31.0 Å². The third-order valence-corrected chi connectivity index (χ3v) is 19.6. The molecule has 89 heavy (non-hydrogen) atoms. The molecule has 7 atom stereocenters. The van der Waals surface area contributed by atoms with Gasteiger partial charge in [0.1, 0.15) is 24.3 Å². The van der Waals surface area contributed by atoms with Crippen molar-refractivity contribution in [2.45, 2.75) is 76.7 Å². The Hall–Kier alpha value is -8.27. The summed E-state index contributed by atoms with van der Waals surface area (Å²) in [5.41, 5.74) is 0.946. The minimum Gasteiger partial charge on any atom is -0.465 e. The highest BCUT2D eigenvalue weighted by molar-refractivity contribution is 7.53. The quantitative estimate of drug-likeness (QED) is 0.0365. The Bertz CT molecular complexity index is 3610. The van der Waals surface area contributed by atoms with Gasteiger partial charge in [-0.1, -0.05) is 148 Å². The number of nitrogens with one attached hydrogen (secondary N) is 2. The van der Waals surface area contributed by atoms with Crippen LogP contribution >= 0.6 is 7.67 Å². The zero-order valence-corrected chi connectivity index (χ0v) is 51.5. The molecular weight excluding hydrogens is 1150 g/mol. The highest BCUT2D eigenvalue weighted by Gasteiger charge is 2.49. The van der Waals surface area contributed by atoms with Crippen LogP contribution in [-0.2, 0) is 43.2 Å². The molecular formula is C67H76N9O12P. The van der Waals surface area contributed by atoms with Crippen molar-refractivity contribution in [3.63, 3.8) is 0 Å². The first-order chi connectivity index (χ1) is 43.0. The number of hydrogen-bond donors (Lipinski definition) is 2. The maximum absolute atomic E-state index is 16.0. The second kappa shape index (κ2) is 28.9. The maximum atomic E-state index is 16.0. The monoisotopic (exact) mass is 1230 g/mol. The number of carbonyl (C=O) groups excluding carboxylic acids is 4.